The number of carbonyl (C=O) groups excluding carboxylic acids is 3. The number of fused-ring (bicyclic) bond motifs is 5. The van der Waals surface area contributed by atoms with Gasteiger partial charge in [-0.15, -0.1) is 0 Å². The first-order valence-corrected chi connectivity index (χ1v) is 9.55. The van der Waals surface area contributed by atoms with E-state index in [1.54, 1.807) is 24.3 Å². The highest BCUT2D eigenvalue weighted by atomic mass is 19.4. The summed E-state index contributed by atoms with van der Waals surface area (Å²) in [5, 5.41) is 0. The van der Waals surface area contributed by atoms with Gasteiger partial charge in [0, 0.05) is 28.8 Å². The Kier molecular flexibility index (Phi) is 4.15. The van der Waals surface area contributed by atoms with Gasteiger partial charge in [-0.3, -0.25) is 14.4 Å². The Morgan fingerprint density at radius 2 is 1.61 bits per heavy atom. The zero-order chi connectivity index (χ0) is 21.9. The van der Waals surface area contributed by atoms with Gasteiger partial charge >= 0.3 is 6.18 Å². The van der Waals surface area contributed by atoms with Crippen molar-refractivity contribution in [2.75, 3.05) is 6.54 Å². The molecule has 5 nitrogen and oxygen atoms in total. The zero-order valence-electron chi connectivity index (χ0n) is 16.0. The van der Waals surface area contributed by atoms with Crippen molar-refractivity contribution in [1.29, 1.82) is 0 Å². The Morgan fingerprint density at radius 3 is 2.29 bits per heavy atom. The number of benzene rings is 2. The smallest absolute Gasteiger partial charge is 0.416 e. The lowest BCUT2D eigenvalue weighted by atomic mass is 9.85. The molecule has 1 aliphatic heterocycles. The lowest BCUT2D eigenvalue weighted by Crippen LogP contribution is -2.36. The van der Waals surface area contributed by atoms with E-state index >= 15 is 0 Å². The number of carbonyl (C=O) groups is 3. The van der Waals surface area contributed by atoms with Gasteiger partial charge in [-0.1, -0.05) is 24.3 Å². The lowest BCUT2D eigenvalue weighted by molar-refractivity contribution is -0.137. The molecule has 0 N–H and O–H groups in total. The maximum Gasteiger partial charge on any atom is 0.416 e. The minimum atomic E-state index is -4.48. The molecule has 0 spiro atoms. The molecule has 0 bridgehead atoms. The summed E-state index contributed by atoms with van der Waals surface area (Å²) in [6, 6.07) is 10.7. The van der Waals surface area contributed by atoms with Crippen LogP contribution in [-0.4, -0.2) is 28.9 Å². The van der Waals surface area contributed by atoms with E-state index in [0.717, 1.165) is 24.3 Å². The molecule has 0 fully saturated rings. The number of hydrogen-bond donors (Lipinski definition) is 0. The fraction of sp³-hybridized carbons (Fsp3) is 0.174. The van der Waals surface area contributed by atoms with Crippen LogP contribution in [0, 0.1) is 0 Å². The van der Waals surface area contributed by atoms with Crippen molar-refractivity contribution >= 4 is 17.5 Å². The predicted octanol–water partition coefficient (Wildman–Crippen LogP) is 4.54. The monoisotopic (exact) mass is 425 g/mol. The molecule has 3 aromatic rings. The highest BCUT2D eigenvalue weighted by molar-refractivity contribution is 6.53. The molecule has 2 aromatic carbocycles. The molecular formula is C23H14F3NO4. The number of amides is 1. The summed E-state index contributed by atoms with van der Waals surface area (Å²) in [5.74, 6) is -0.906. The van der Waals surface area contributed by atoms with E-state index in [9.17, 15) is 27.6 Å². The lowest BCUT2D eigenvalue weighted by Gasteiger charge is -2.26. The summed E-state index contributed by atoms with van der Waals surface area (Å²) in [7, 11) is 0. The summed E-state index contributed by atoms with van der Waals surface area (Å²) < 4.78 is 44.2. The highest BCUT2D eigenvalue weighted by Gasteiger charge is 2.39. The number of hydrogen-bond acceptors (Lipinski definition) is 4. The van der Waals surface area contributed by atoms with Crippen LogP contribution in [0.4, 0.5) is 13.2 Å². The van der Waals surface area contributed by atoms with Crippen LogP contribution in [-0.2, 0) is 19.1 Å². The topological polar surface area (TPSA) is 67.6 Å². The van der Waals surface area contributed by atoms with Crippen LogP contribution in [0.5, 0.6) is 0 Å². The van der Waals surface area contributed by atoms with Gasteiger partial charge in [0.25, 0.3) is 5.91 Å². The molecule has 1 amide bonds. The van der Waals surface area contributed by atoms with Crippen LogP contribution in [0.3, 0.4) is 0 Å². The maximum atomic E-state index is 12.8. The number of nitrogens with zero attached hydrogens (tertiary/aromatic N) is 1. The molecule has 31 heavy (non-hydrogen) atoms. The van der Waals surface area contributed by atoms with E-state index in [1.165, 1.54) is 4.90 Å². The van der Waals surface area contributed by atoms with Gasteiger partial charge in [0.2, 0.25) is 11.6 Å². The number of halogens is 3. The molecule has 156 valence electrons. The third kappa shape index (κ3) is 2.98. The highest BCUT2D eigenvalue weighted by Crippen LogP contribution is 2.40. The molecule has 0 saturated carbocycles. The third-order valence-electron chi connectivity index (χ3n) is 5.65. The van der Waals surface area contributed by atoms with Crippen molar-refractivity contribution in [3.05, 3.63) is 82.1 Å². The molecule has 2 aliphatic rings. The van der Waals surface area contributed by atoms with Crippen LogP contribution in [0.2, 0.25) is 0 Å². The Bertz CT molecular complexity index is 1250. The second-order valence-corrected chi connectivity index (χ2v) is 7.46. The molecule has 8 heteroatoms. The number of alkyl halides is 3. The fourth-order valence-electron chi connectivity index (χ4n) is 4.11. The van der Waals surface area contributed by atoms with Crippen molar-refractivity contribution in [1.82, 2.24) is 4.90 Å². The number of rotatable bonds is 1. The molecule has 1 aromatic heterocycles. The first-order valence-electron chi connectivity index (χ1n) is 9.55. The Balaban J connectivity index is 1.46. The molecule has 0 saturated heterocycles. The summed E-state index contributed by atoms with van der Waals surface area (Å²) in [6.07, 6.45) is -4.17. The second-order valence-electron chi connectivity index (χ2n) is 7.46. The van der Waals surface area contributed by atoms with Gasteiger partial charge in [-0.05, 0) is 30.7 Å². The van der Waals surface area contributed by atoms with Crippen molar-refractivity contribution < 1.29 is 32.0 Å². The Hall–Kier alpha value is -3.68. The summed E-state index contributed by atoms with van der Waals surface area (Å²) >= 11 is 0. The Morgan fingerprint density at radius 1 is 0.935 bits per heavy atom. The number of ketones is 2. The van der Waals surface area contributed by atoms with E-state index in [-0.39, 0.29) is 29.8 Å². The van der Waals surface area contributed by atoms with E-state index in [0.29, 0.717) is 29.1 Å². The van der Waals surface area contributed by atoms with Crippen LogP contribution in [0.25, 0.3) is 11.3 Å². The maximum absolute atomic E-state index is 12.8. The minimum Gasteiger partial charge on any atom is -0.458 e. The molecule has 2 heterocycles. The normalized spacial score (nSPS) is 15.4. The van der Waals surface area contributed by atoms with Gasteiger partial charge in [-0.25, -0.2) is 0 Å². The standard InChI is InChI=1S/C23H14F3NO4/c24-23(25,26)13-7-5-12(6-8-13)22(30)27-10-9-16-17(11-27)31-21-15-4-2-1-3-14(15)19(28)20(29)18(16)21/h1-8H,9-11H2. The number of Topliss-reactive ketones (excluding diaryl/α,β-unsaturated/α-hetero) is 2. The van der Waals surface area contributed by atoms with E-state index in [2.05, 4.69) is 0 Å². The molecule has 0 unspecified atom stereocenters. The minimum absolute atomic E-state index is 0.0613. The van der Waals surface area contributed by atoms with Crippen molar-refractivity contribution in [3.8, 4) is 11.3 Å². The average Bonchev–Trinajstić information content (AvgIpc) is 3.15. The summed E-state index contributed by atoms with van der Waals surface area (Å²) in [4.78, 5) is 39.4. The summed E-state index contributed by atoms with van der Waals surface area (Å²) in [5.41, 5.74) is 0.982. The van der Waals surface area contributed by atoms with Gasteiger partial charge in [0.15, 0.2) is 0 Å². The van der Waals surface area contributed by atoms with Crippen molar-refractivity contribution in [2.24, 2.45) is 0 Å². The first kappa shape index (κ1) is 19.3. The molecule has 0 atom stereocenters. The molecule has 1 aliphatic carbocycles. The number of furan rings is 1. The van der Waals surface area contributed by atoms with Crippen LogP contribution in [0.1, 0.15) is 48.0 Å². The van der Waals surface area contributed by atoms with Crippen molar-refractivity contribution in [3.63, 3.8) is 0 Å². The van der Waals surface area contributed by atoms with Crippen molar-refractivity contribution in [2.45, 2.75) is 19.1 Å². The Labute approximate surface area is 174 Å². The molecule has 5 rings (SSSR count). The SMILES string of the molecule is O=C1C(=O)c2c(oc3c2CCN(C(=O)c2ccc(C(F)(F)F)cc2)C3)-c2ccccc21. The van der Waals surface area contributed by atoms with Gasteiger partial charge in [0.1, 0.15) is 11.5 Å². The fourth-order valence-corrected chi connectivity index (χ4v) is 4.11. The quantitative estimate of drug-likeness (QED) is 0.537. The average molecular weight is 425 g/mol. The van der Waals surface area contributed by atoms with Crippen LogP contribution < -0.4 is 0 Å². The van der Waals surface area contributed by atoms with Crippen LogP contribution in [0.15, 0.2) is 52.9 Å². The largest absolute Gasteiger partial charge is 0.458 e. The summed E-state index contributed by atoms with van der Waals surface area (Å²) in [6.45, 7) is 0.313. The molecule has 0 radical (unpaired) electrons. The van der Waals surface area contributed by atoms with Crippen LogP contribution >= 0.6 is 0 Å². The van der Waals surface area contributed by atoms with E-state index in [1.807, 2.05) is 0 Å². The van der Waals surface area contributed by atoms with Gasteiger partial charge in [0.05, 0.1) is 17.7 Å². The second kappa shape index (κ2) is 6.66. The third-order valence-corrected chi connectivity index (χ3v) is 5.65. The van der Waals surface area contributed by atoms with Gasteiger partial charge in [-0.2, -0.15) is 13.2 Å². The first-order chi connectivity index (χ1) is 14.8. The van der Waals surface area contributed by atoms with E-state index < -0.39 is 29.2 Å². The molecular weight excluding hydrogens is 411 g/mol. The van der Waals surface area contributed by atoms with E-state index in [4.69, 9.17) is 4.42 Å². The van der Waals surface area contributed by atoms with Gasteiger partial charge < -0.3 is 9.32 Å². The predicted molar refractivity (Wildman–Crippen MR) is 103 cm³/mol. The zero-order valence-corrected chi connectivity index (χ0v) is 16.0.